The minimum Gasteiger partial charge on any atom is -0.497 e. The van der Waals surface area contributed by atoms with Crippen molar-refractivity contribution in [2.45, 2.75) is 64.0 Å². The van der Waals surface area contributed by atoms with Gasteiger partial charge in [0, 0.05) is 18.0 Å². The monoisotopic (exact) mass is 475 g/mol. The van der Waals surface area contributed by atoms with Crippen LogP contribution in [-0.2, 0) is 5.41 Å². The number of guanidine groups is 1. The Kier molecular flexibility index (Phi) is 9.71. The number of methoxy groups -OCH3 is 1. The van der Waals surface area contributed by atoms with Gasteiger partial charge in [-0.05, 0) is 50.3 Å². The van der Waals surface area contributed by atoms with E-state index in [1.165, 1.54) is 5.56 Å². The summed E-state index contributed by atoms with van der Waals surface area (Å²) < 4.78 is 5.24. The van der Waals surface area contributed by atoms with Gasteiger partial charge in [-0.1, -0.05) is 26.0 Å². The smallest absolute Gasteiger partial charge is 0.191 e. The summed E-state index contributed by atoms with van der Waals surface area (Å²) in [5.41, 5.74) is 1.19. The maximum Gasteiger partial charge on any atom is 0.191 e. The van der Waals surface area contributed by atoms with E-state index in [-0.39, 0.29) is 35.5 Å². The van der Waals surface area contributed by atoms with Crippen molar-refractivity contribution < 1.29 is 9.84 Å². The molecule has 148 valence electrons. The highest BCUT2D eigenvalue weighted by atomic mass is 127. The van der Waals surface area contributed by atoms with Crippen molar-refractivity contribution in [3.8, 4) is 5.75 Å². The Balaban J connectivity index is 0.00000338. The molecule has 0 aliphatic heterocycles. The maximum atomic E-state index is 9.66. The molecule has 26 heavy (non-hydrogen) atoms. The summed E-state index contributed by atoms with van der Waals surface area (Å²) in [7, 11) is 1.68. The number of halogens is 1. The molecule has 1 fully saturated rings. The lowest BCUT2D eigenvalue weighted by atomic mass is 9.85. The van der Waals surface area contributed by atoms with Crippen LogP contribution in [-0.4, -0.2) is 43.4 Å². The van der Waals surface area contributed by atoms with Gasteiger partial charge in [-0.2, -0.15) is 0 Å². The molecule has 0 saturated heterocycles. The largest absolute Gasteiger partial charge is 0.497 e. The highest BCUT2D eigenvalue weighted by Gasteiger charge is 2.22. The molecule has 0 atom stereocenters. The summed E-state index contributed by atoms with van der Waals surface area (Å²) in [6.07, 6.45) is 3.59. The lowest BCUT2D eigenvalue weighted by molar-refractivity contribution is 0.120. The van der Waals surface area contributed by atoms with Gasteiger partial charge in [-0.25, -0.2) is 0 Å². The summed E-state index contributed by atoms with van der Waals surface area (Å²) >= 11 is 0. The van der Waals surface area contributed by atoms with Crippen molar-refractivity contribution in [1.82, 2.24) is 10.6 Å². The Hall–Kier alpha value is -1.02. The number of nitrogens with zero attached hydrogens (tertiary/aromatic N) is 1. The zero-order valence-electron chi connectivity index (χ0n) is 16.4. The van der Waals surface area contributed by atoms with Crippen molar-refractivity contribution in [3.05, 3.63) is 29.8 Å². The van der Waals surface area contributed by atoms with Crippen molar-refractivity contribution >= 4 is 29.9 Å². The number of benzene rings is 1. The molecular formula is C20H34IN3O2. The molecular weight excluding hydrogens is 441 g/mol. The summed E-state index contributed by atoms with van der Waals surface area (Å²) in [6.45, 7) is 8.03. The fourth-order valence-corrected chi connectivity index (χ4v) is 3.14. The van der Waals surface area contributed by atoms with E-state index in [2.05, 4.69) is 43.5 Å². The van der Waals surface area contributed by atoms with E-state index in [0.29, 0.717) is 12.6 Å². The van der Waals surface area contributed by atoms with Crippen LogP contribution >= 0.6 is 24.0 Å². The lowest BCUT2D eigenvalue weighted by Gasteiger charge is -2.28. The van der Waals surface area contributed by atoms with Crippen LogP contribution in [0, 0.1) is 0 Å². The van der Waals surface area contributed by atoms with Crippen molar-refractivity contribution in [3.63, 3.8) is 0 Å². The average molecular weight is 475 g/mol. The van der Waals surface area contributed by atoms with Crippen LogP contribution in [0.25, 0.3) is 0 Å². The van der Waals surface area contributed by atoms with E-state index >= 15 is 0 Å². The second-order valence-electron chi connectivity index (χ2n) is 7.46. The number of aliphatic hydroxyl groups is 1. The van der Waals surface area contributed by atoms with Gasteiger partial charge in [-0.15, -0.1) is 24.0 Å². The van der Waals surface area contributed by atoms with Gasteiger partial charge in [0.1, 0.15) is 5.75 Å². The molecule has 1 aliphatic carbocycles. The summed E-state index contributed by atoms with van der Waals surface area (Å²) in [5, 5.41) is 16.5. The Bertz CT molecular complexity index is 553. The highest BCUT2D eigenvalue weighted by molar-refractivity contribution is 14.0. The number of ether oxygens (including phenoxy) is 1. The van der Waals surface area contributed by atoms with Crippen LogP contribution in [0.4, 0.5) is 0 Å². The Morgan fingerprint density at radius 3 is 2.35 bits per heavy atom. The molecule has 1 aromatic rings. The summed E-state index contributed by atoms with van der Waals surface area (Å²) in [5.74, 6) is 1.74. The third kappa shape index (κ3) is 6.95. The first kappa shape index (κ1) is 23.0. The van der Waals surface area contributed by atoms with Crippen LogP contribution in [0.5, 0.6) is 5.75 Å². The minimum atomic E-state index is -0.133. The molecule has 5 nitrogen and oxygen atoms in total. The van der Waals surface area contributed by atoms with Gasteiger partial charge in [0.2, 0.25) is 0 Å². The van der Waals surface area contributed by atoms with Gasteiger partial charge in [0.05, 0.1) is 19.8 Å². The second kappa shape index (κ2) is 11.0. The zero-order valence-corrected chi connectivity index (χ0v) is 18.7. The van der Waals surface area contributed by atoms with Gasteiger partial charge < -0.3 is 20.5 Å². The van der Waals surface area contributed by atoms with E-state index in [9.17, 15) is 5.11 Å². The lowest BCUT2D eigenvalue weighted by Crippen LogP contribution is -2.45. The third-order valence-electron chi connectivity index (χ3n) is 4.89. The van der Waals surface area contributed by atoms with Crippen LogP contribution in [0.1, 0.15) is 52.0 Å². The second-order valence-corrected chi connectivity index (χ2v) is 7.46. The first-order valence-corrected chi connectivity index (χ1v) is 9.32. The molecule has 0 bridgehead atoms. The molecule has 0 spiro atoms. The number of rotatable bonds is 6. The normalized spacial score (nSPS) is 20.9. The number of hydrogen-bond acceptors (Lipinski definition) is 3. The predicted octanol–water partition coefficient (Wildman–Crippen LogP) is 3.45. The van der Waals surface area contributed by atoms with Crippen molar-refractivity contribution in [1.29, 1.82) is 0 Å². The standard InChI is InChI=1S/C20H33N3O2.HI/c1-5-21-19(23-16-8-10-17(24)11-9-16)22-14-20(2,3)15-6-12-18(25-4)13-7-15;/h6-7,12-13,16-17,24H,5,8-11,14H2,1-4H3,(H2,21,22,23);1H. The van der Waals surface area contributed by atoms with Crippen LogP contribution in [0.15, 0.2) is 29.3 Å². The highest BCUT2D eigenvalue weighted by Crippen LogP contribution is 2.25. The molecule has 0 radical (unpaired) electrons. The number of hydrogen-bond donors (Lipinski definition) is 3. The average Bonchev–Trinajstić information content (AvgIpc) is 2.62. The topological polar surface area (TPSA) is 65.9 Å². The first-order valence-electron chi connectivity index (χ1n) is 9.32. The van der Waals surface area contributed by atoms with Gasteiger partial charge in [0.15, 0.2) is 5.96 Å². The molecule has 6 heteroatoms. The van der Waals surface area contributed by atoms with Crippen LogP contribution in [0.2, 0.25) is 0 Å². The molecule has 3 N–H and O–H groups in total. The SMILES string of the molecule is CCNC(=NCC(C)(C)c1ccc(OC)cc1)NC1CCC(O)CC1.I. The van der Waals surface area contributed by atoms with E-state index in [0.717, 1.165) is 43.9 Å². The molecule has 2 rings (SSSR count). The molecule has 1 saturated carbocycles. The minimum absolute atomic E-state index is 0. The van der Waals surface area contributed by atoms with E-state index in [4.69, 9.17) is 9.73 Å². The van der Waals surface area contributed by atoms with Gasteiger partial charge in [-0.3, -0.25) is 4.99 Å². The van der Waals surface area contributed by atoms with E-state index in [1.807, 2.05) is 12.1 Å². The number of aliphatic hydroxyl groups excluding tert-OH is 1. The van der Waals surface area contributed by atoms with E-state index in [1.54, 1.807) is 7.11 Å². The fraction of sp³-hybridized carbons (Fsp3) is 0.650. The molecule has 0 unspecified atom stereocenters. The predicted molar refractivity (Wildman–Crippen MR) is 119 cm³/mol. The molecule has 0 amide bonds. The number of aliphatic imine (C=N–C) groups is 1. The van der Waals surface area contributed by atoms with Gasteiger partial charge in [0.25, 0.3) is 0 Å². The molecule has 0 heterocycles. The van der Waals surface area contributed by atoms with Gasteiger partial charge >= 0.3 is 0 Å². The third-order valence-corrected chi connectivity index (χ3v) is 4.89. The Morgan fingerprint density at radius 2 is 1.81 bits per heavy atom. The molecule has 1 aliphatic rings. The number of nitrogens with one attached hydrogen (secondary N) is 2. The van der Waals surface area contributed by atoms with E-state index < -0.39 is 0 Å². The Morgan fingerprint density at radius 1 is 1.19 bits per heavy atom. The van der Waals surface area contributed by atoms with Crippen molar-refractivity contribution in [2.75, 3.05) is 20.2 Å². The molecule has 1 aromatic carbocycles. The summed E-state index contributed by atoms with van der Waals surface area (Å²) in [4.78, 5) is 4.82. The van der Waals surface area contributed by atoms with Crippen LogP contribution in [0.3, 0.4) is 0 Å². The fourth-order valence-electron chi connectivity index (χ4n) is 3.14. The quantitative estimate of drug-likeness (QED) is 0.335. The molecule has 0 aromatic heterocycles. The first-order chi connectivity index (χ1) is 11.9. The maximum absolute atomic E-state index is 9.66. The Labute approximate surface area is 175 Å². The van der Waals surface area contributed by atoms with Crippen molar-refractivity contribution in [2.24, 2.45) is 4.99 Å². The summed E-state index contributed by atoms with van der Waals surface area (Å²) in [6, 6.07) is 8.61. The van der Waals surface area contributed by atoms with Crippen LogP contribution < -0.4 is 15.4 Å². The zero-order chi connectivity index (χ0) is 18.3.